The number of amides is 1. The van der Waals surface area contributed by atoms with E-state index in [2.05, 4.69) is 5.32 Å². The summed E-state index contributed by atoms with van der Waals surface area (Å²) in [6.45, 7) is 2.47. The zero-order valence-electron chi connectivity index (χ0n) is 11.4. The van der Waals surface area contributed by atoms with Crippen LogP contribution >= 0.6 is 0 Å². The van der Waals surface area contributed by atoms with Crippen LogP contribution in [0.25, 0.3) is 0 Å². The Morgan fingerprint density at radius 1 is 1.21 bits per heavy atom. The van der Waals surface area contributed by atoms with Crippen LogP contribution in [-0.2, 0) is 4.74 Å². The van der Waals surface area contributed by atoms with Gasteiger partial charge in [-0.1, -0.05) is 0 Å². The van der Waals surface area contributed by atoms with Crippen LogP contribution < -0.4 is 15.8 Å². The molecule has 0 radical (unpaired) electrons. The molecule has 0 saturated carbocycles. The highest BCUT2D eigenvalue weighted by Crippen LogP contribution is 2.12. The zero-order valence-corrected chi connectivity index (χ0v) is 11.4. The topological polar surface area (TPSA) is 73.6 Å². The number of ether oxygens (including phenoxy) is 2. The normalized spacial score (nSPS) is 10.2. The predicted molar refractivity (Wildman–Crippen MR) is 74.4 cm³/mol. The van der Waals surface area contributed by atoms with Crippen LogP contribution in [0, 0.1) is 0 Å². The van der Waals surface area contributed by atoms with Gasteiger partial charge in [0.2, 0.25) is 0 Å². The van der Waals surface area contributed by atoms with Crippen molar-refractivity contribution in [3.63, 3.8) is 0 Å². The Morgan fingerprint density at radius 3 is 2.58 bits per heavy atom. The molecule has 0 spiro atoms. The Kier molecular flexibility index (Phi) is 7.62. The van der Waals surface area contributed by atoms with Crippen LogP contribution in [0.4, 0.5) is 0 Å². The van der Waals surface area contributed by atoms with Crippen molar-refractivity contribution in [1.29, 1.82) is 0 Å². The average molecular weight is 266 g/mol. The number of rotatable bonds is 9. The van der Waals surface area contributed by atoms with Crippen LogP contribution in [0.15, 0.2) is 24.3 Å². The summed E-state index contributed by atoms with van der Waals surface area (Å²) in [5, 5.41) is 2.80. The van der Waals surface area contributed by atoms with Crippen molar-refractivity contribution in [3.05, 3.63) is 29.8 Å². The summed E-state index contributed by atoms with van der Waals surface area (Å²) in [5.41, 5.74) is 5.99. The van der Waals surface area contributed by atoms with E-state index in [1.807, 2.05) is 0 Å². The molecule has 1 aromatic rings. The van der Waals surface area contributed by atoms with Crippen molar-refractivity contribution in [2.24, 2.45) is 5.73 Å². The van der Waals surface area contributed by atoms with Gasteiger partial charge in [0.25, 0.3) is 5.91 Å². The van der Waals surface area contributed by atoms with Crippen LogP contribution in [-0.4, -0.2) is 39.3 Å². The van der Waals surface area contributed by atoms with Gasteiger partial charge in [-0.05, 0) is 37.2 Å². The predicted octanol–water partition coefficient (Wildman–Crippen LogP) is 1.18. The molecular formula is C14H22N2O3. The Hall–Kier alpha value is -1.59. The molecule has 1 aromatic carbocycles. The van der Waals surface area contributed by atoms with Crippen molar-refractivity contribution in [3.8, 4) is 5.75 Å². The molecule has 0 saturated heterocycles. The summed E-state index contributed by atoms with van der Waals surface area (Å²) in [7, 11) is 1.66. The molecule has 1 rings (SSSR count). The Morgan fingerprint density at radius 2 is 1.95 bits per heavy atom. The second-order valence-corrected chi connectivity index (χ2v) is 4.12. The highest BCUT2D eigenvalue weighted by atomic mass is 16.5. The van der Waals surface area contributed by atoms with Gasteiger partial charge in [-0.3, -0.25) is 4.79 Å². The Labute approximate surface area is 114 Å². The van der Waals surface area contributed by atoms with E-state index in [0.29, 0.717) is 31.9 Å². The standard InChI is InChI=1S/C14H22N2O3/c1-18-10-3-11-19-13-6-4-12(5-7-13)14(17)16-9-2-8-15/h4-7H,2-3,8-11,15H2,1H3,(H,16,17). The fourth-order valence-corrected chi connectivity index (χ4v) is 1.50. The number of carbonyl (C=O) groups excluding carboxylic acids is 1. The number of nitrogens with two attached hydrogens (primary N) is 1. The average Bonchev–Trinajstić information content (AvgIpc) is 2.44. The first kappa shape index (κ1) is 15.5. The number of hydrogen-bond acceptors (Lipinski definition) is 4. The summed E-state index contributed by atoms with van der Waals surface area (Å²) in [5.74, 6) is 0.675. The monoisotopic (exact) mass is 266 g/mol. The Bertz CT molecular complexity index is 365. The summed E-state index contributed by atoms with van der Waals surface area (Å²) in [6.07, 6.45) is 1.63. The van der Waals surface area contributed by atoms with E-state index in [9.17, 15) is 4.79 Å². The molecule has 5 nitrogen and oxygen atoms in total. The first-order chi connectivity index (χ1) is 9.27. The molecule has 5 heteroatoms. The molecule has 106 valence electrons. The van der Waals surface area contributed by atoms with E-state index in [0.717, 1.165) is 18.6 Å². The molecule has 19 heavy (non-hydrogen) atoms. The maximum absolute atomic E-state index is 11.7. The minimum Gasteiger partial charge on any atom is -0.494 e. The third-order valence-corrected chi connectivity index (χ3v) is 2.54. The quantitative estimate of drug-likeness (QED) is 0.658. The van der Waals surface area contributed by atoms with E-state index in [-0.39, 0.29) is 5.91 Å². The van der Waals surface area contributed by atoms with Crippen LogP contribution in [0.1, 0.15) is 23.2 Å². The summed E-state index contributed by atoms with van der Waals surface area (Å²) in [6, 6.07) is 7.10. The van der Waals surface area contributed by atoms with Crippen molar-refractivity contribution in [1.82, 2.24) is 5.32 Å². The number of hydrogen-bond donors (Lipinski definition) is 2. The minimum absolute atomic E-state index is 0.0839. The maximum Gasteiger partial charge on any atom is 0.251 e. The van der Waals surface area contributed by atoms with E-state index in [1.165, 1.54) is 0 Å². The molecule has 0 aliphatic heterocycles. The number of benzene rings is 1. The van der Waals surface area contributed by atoms with Crippen LogP contribution in [0.5, 0.6) is 5.75 Å². The SMILES string of the molecule is COCCCOc1ccc(C(=O)NCCCN)cc1. The van der Waals surface area contributed by atoms with Crippen LogP contribution in [0.3, 0.4) is 0 Å². The minimum atomic E-state index is -0.0839. The van der Waals surface area contributed by atoms with Crippen LogP contribution in [0.2, 0.25) is 0 Å². The zero-order chi connectivity index (χ0) is 13.9. The third-order valence-electron chi connectivity index (χ3n) is 2.54. The molecule has 0 bridgehead atoms. The highest BCUT2D eigenvalue weighted by molar-refractivity contribution is 5.94. The maximum atomic E-state index is 11.7. The summed E-state index contributed by atoms with van der Waals surface area (Å²) < 4.78 is 10.4. The molecule has 0 heterocycles. The molecule has 0 atom stereocenters. The summed E-state index contributed by atoms with van der Waals surface area (Å²) >= 11 is 0. The first-order valence-corrected chi connectivity index (χ1v) is 6.48. The van der Waals surface area contributed by atoms with Crippen molar-refractivity contribution in [2.45, 2.75) is 12.8 Å². The van der Waals surface area contributed by atoms with Gasteiger partial charge in [-0.2, -0.15) is 0 Å². The van der Waals surface area contributed by atoms with Gasteiger partial charge in [0, 0.05) is 32.2 Å². The highest BCUT2D eigenvalue weighted by Gasteiger charge is 2.04. The van der Waals surface area contributed by atoms with Gasteiger partial charge in [-0.15, -0.1) is 0 Å². The second-order valence-electron chi connectivity index (χ2n) is 4.12. The van der Waals surface area contributed by atoms with Gasteiger partial charge >= 0.3 is 0 Å². The molecule has 0 aliphatic rings. The second kappa shape index (κ2) is 9.35. The van der Waals surface area contributed by atoms with E-state index >= 15 is 0 Å². The first-order valence-electron chi connectivity index (χ1n) is 6.48. The smallest absolute Gasteiger partial charge is 0.251 e. The van der Waals surface area contributed by atoms with Gasteiger partial charge in [-0.25, -0.2) is 0 Å². The van der Waals surface area contributed by atoms with Crippen molar-refractivity contribution >= 4 is 5.91 Å². The van der Waals surface area contributed by atoms with Crippen molar-refractivity contribution in [2.75, 3.05) is 33.4 Å². The van der Waals surface area contributed by atoms with Gasteiger partial charge in [0.15, 0.2) is 0 Å². The lowest BCUT2D eigenvalue weighted by atomic mass is 10.2. The fraction of sp³-hybridized carbons (Fsp3) is 0.500. The molecule has 0 aromatic heterocycles. The molecule has 1 amide bonds. The molecule has 0 fully saturated rings. The molecular weight excluding hydrogens is 244 g/mol. The van der Waals surface area contributed by atoms with E-state index in [4.69, 9.17) is 15.2 Å². The molecule has 0 aliphatic carbocycles. The van der Waals surface area contributed by atoms with Gasteiger partial charge in [0.1, 0.15) is 5.75 Å². The lowest BCUT2D eigenvalue weighted by Crippen LogP contribution is -2.25. The number of nitrogens with one attached hydrogen (secondary N) is 1. The third kappa shape index (κ3) is 6.22. The Balaban J connectivity index is 2.36. The molecule has 3 N–H and O–H groups in total. The fourth-order valence-electron chi connectivity index (χ4n) is 1.50. The lowest BCUT2D eigenvalue weighted by molar-refractivity contribution is 0.0953. The lowest BCUT2D eigenvalue weighted by Gasteiger charge is -2.07. The van der Waals surface area contributed by atoms with Gasteiger partial charge < -0.3 is 20.5 Å². The number of methoxy groups -OCH3 is 1. The number of carbonyl (C=O) groups is 1. The molecule has 0 unspecified atom stereocenters. The largest absolute Gasteiger partial charge is 0.494 e. The summed E-state index contributed by atoms with van der Waals surface area (Å²) in [4.78, 5) is 11.7. The van der Waals surface area contributed by atoms with Gasteiger partial charge in [0.05, 0.1) is 6.61 Å². The van der Waals surface area contributed by atoms with E-state index in [1.54, 1.807) is 31.4 Å². The van der Waals surface area contributed by atoms with E-state index < -0.39 is 0 Å². The van der Waals surface area contributed by atoms with Crippen molar-refractivity contribution < 1.29 is 14.3 Å².